The Morgan fingerprint density at radius 1 is 1.14 bits per heavy atom. The van der Waals surface area contributed by atoms with Crippen LogP contribution in [0.1, 0.15) is 18.9 Å². The summed E-state index contributed by atoms with van der Waals surface area (Å²) in [6.07, 6.45) is 0.931. The number of aromatic nitrogens is 1. The standard InChI is InChI=1S/C18H24N2O2/c1-3-12-20-17(15-7-5-4-6-8-15)10-9-16(18(20)21)14-19-11-13-22-2/h4-10,19H,3,11-14H2,1-2H3. The van der Waals surface area contributed by atoms with Gasteiger partial charge in [-0.05, 0) is 18.1 Å². The van der Waals surface area contributed by atoms with Gasteiger partial charge in [0.25, 0.3) is 5.56 Å². The molecule has 0 radical (unpaired) electrons. The summed E-state index contributed by atoms with van der Waals surface area (Å²) in [4.78, 5) is 12.7. The zero-order valence-corrected chi connectivity index (χ0v) is 13.3. The first-order chi connectivity index (χ1) is 10.8. The van der Waals surface area contributed by atoms with Gasteiger partial charge >= 0.3 is 0 Å². The smallest absolute Gasteiger partial charge is 0.255 e. The van der Waals surface area contributed by atoms with Crippen LogP contribution in [0.25, 0.3) is 11.3 Å². The van der Waals surface area contributed by atoms with Gasteiger partial charge in [-0.25, -0.2) is 0 Å². The first kappa shape index (κ1) is 16.5. The lowest BCUT2D eigenvalue weighted by atomic mass is 10.1. The van der Waals surface area contributed by atoms with Gasteiger partial charge in [-0.1, -0.05) is 43.3 Å². The Balaban J connectivity index is 2.29. The highest BCUT2D eigenvalue weighted by Crippen LogP contribution is 2.18. The molecule has 4 heteroatoms. The van der Waals surface area contributed by atoms with Gasteiger partial charge in [0.15, 0.2) is 0 Å². The molecule has 0 atom stereocenters. The Labute approximate surface area is 131 Å². The summed E-state index contributed by atoms with van der Waals surface area (Å²) < 4.78 is 6.88. The number of ether oxygens (including phenoxy) is 1. The average molecular weight is 300 g/mol. The highest BCUT2D eigenvalue weighted by molar-refractivity contribution is 5.59. The predicted octanol–water partition coefficient (Wildman–Crippen LogP) is 2.66. The lowest BCUT2D eigenvalue weighted by Gasteiger charge is -2.14. The van der Waals surface area contributed by atoms with E-state index >= 15 is 0 Å². The normalized spacial score (nSPS) is 10.8. The molecule has 0 aliphatic heterocycles. The van der Waals surface area contributed by atoms with Crippen molar-refractivity contribution in [2.24, 2.45) is 0 Å². The number of hydrogen-bond acceptors (Lipinski definition) is 3. The highest BCUT2D eigenvalue weighted by Gasteiger charge is 2.09. The van der Waals surface area contributed by atoms with Gasteiger partial charge in [0.2, 0.25) is 0 Å². The molecule has 2 rings (SSSR count). The largest absolute Gasteiger partial charge is 0.383 e. The Kier molecular flexibility index (Phi) is 6.37. The first-order valence-electron chi connectivity index (χ1n) is 7.75. The van der Waals surface area contributed by atoms with Gasteiger partial charge in [-0.3, -0.25) is 4.79 Å². The molecule has 22 heavy (non-hydrogen) atoms. The van der Waals surface area contributed by atoms with Crippen molar-refractivity contribution in [2.75, 3.05) is 20.3 Å². The average Bonchev–Trinajstić information content (AvgIpc) is 2.55. The van der Waals surface area contributed by atoms with Crippen LogP contribution in [-0.4, -0.2) is 24.8 Å². The van der Waals surface area contributed by atoms with Crippen molar-refractivity contribution in [3.8, 4) is 11.3 Å². The number of hydrogen-bond donors (Lipinski definition) is 1. The number of rotatable bonds is 8. The second-order valence-electron chi connectivity index (χ2n) is 5.24. The fourth-order valence-electron chi connectivity index (χ4n) is 2.46. The van der Waals surface area contributed by atoms with Crippen LogP contribution in [0.2, 0.25) is 0 Å². The quantitative estimate of drug-likeness (QED) is 0.762. The topological polar surface area (TPSA) is 43.3 Å². The van der Waals surface area contributed by atoms with E-state index in [0.717, 1.165) is 36.3 Å². The van der Waals surface area contributed by atoms with E-state index in [2.05, 4.69) is 12.2 Å². The van der Waals surface area contributed by atoms with Crippen molar-refractivity contribution in [3.05, 3.63) is 58.4 Å². The lowest BCUT2D eigenvalue weighted by Crippen LogP contribution is -2.29. The lowest BCUT2D eigenvalue weighted by molar-refractivity contribution is 0.199. The van der Waals surface area contributed by atoms with Gasteiger partial charge in [0.05, 0.1) is 12.3 Å². The fourth-order valence-corrected chi connectivity index (χ4v) is 2.46. The van der Waals surface area contributed by atoms with Gasteiger partial charge in [0, 0.05) is 32.3 Å². The van der Waals surface area contributed by atoms with Gasteiger partial charge < -0.3 is 14.6 Å². The van der Waals surface area contributed by atoms with Crippen molar-refractivity contribution >= 4 is 0 Å². The Morgan fingerprint density at radius 3 is 2.59 bits per heavy atom. The molecule has 1 aromatic carbocycles. The molecular formula is C18H24N2O2. The van der Waals surface area contributed by atoms with Crippen LogP contribution < -0.4 is 10.9 Å². The summed E-state index contributed by atoms with van der Waals surface area (Å²) in [7, 11) is 1.67. The maximum atomic E-state index is 12.7. The molecule has 1 aromatic heterocycles. The summed E-state index contributed by atoms with van der Waals surface area (Å²) in [5.41, 5.74) is 2.94. The SMILES string of the molecule is CCCn1c(-c2ccccc2)ccc(CNCCOC)c1=O. The van der Waals surface area contributed by atoms with Crippen molar-refractivity contribution < 1.29 is 4.74 Å². The first-order valence-corrected chi connectivity index (χ1v) is 7.75. The van der Waals surface area contributed by atoms with E-state index in [9.17, 15) is 4.79 Å². The molecule has 118 valence electrons. The maximum Gasteiger partial charge on any atom is 0.255 e. The molecule has 0 unspecified atom stereocenters. The van der Waals surface area contributed by atoms with Crippen LogP contribution in [0.15, 0.2) is 47.3 Å². The molecule has 4 nitrogen and oxygen atoms in total. The van der Waals surface area contributed by atoms with Crippen molar-refractivity contribution in [2.45, 2.75) is 26.4 Å². The molecule has 0 amide bonds. The van der Waals surface area contributed by atoms with Crippen molar-refractivity contribution in [3.63, 3.8) is 0 Å². The molecule has 0 bridgehead atoms. The van der Waals surface area contributed by atoms with E-state index in [1.165, 1.54) is 0 Å². The van der Waals surface area contributed by atoms with Crippen LogP contribution in [0.4, 0.5) is 0 Å². The predicted molar refractivity (Wildman–Crippen MR) is 90.0 cm³/mol. The second kappa shape index (κ2) is 8.51. The molecule has 0 aliphatic carbocycles. The number of nitrogens with zero attached hydrogens (tertiary/aromatic N) is 1. The number of methoxy groups -OCH3 is 1. The Morgan fingerprint density at radius 2 is 1.91 bits per heavy atom. The van der Waals surface area contributed by atoms with Crippen LogP contribution in [0, 0.1) is 0 Å². The minimum atomic E-state index is 0.0909. The molecule has 1 heterocycles. The highest BCUT2D eigenvalue weighted by atomic mass is 16.5. The fraction of sp³-hybridized carbons (Fsp3) is 0.389. The third kappa shape index (κ3) is 4.06. The van der Waals surface area contributed by atoms with E-state index in [1.54, 1.807) is 7.11 Å². The van der Waals surface area contributed by atoms with E-state index in [4.69, 9.17) is 4.74 Å². The second-order valence-corrected chi connectivity index (χ2v) is 5.24. The molecule has 1 N–H and O–H groups in total. The molecule has 0 aliphatic rings. The van der Waals surface area contributed by atoms with Crippen molar-refractivity contribution in [1.82, 2.24) is 9.88 Å². The Hall–Kier alpha value is -1.91. The summed E-state index contributed by atoms with van der Waals surface area (Å²) in [6.45, 7) is 4.77. The summed E-state index contributed by atoms with van der Waals surface area (Å²) in [5, 5.41) is 3.23. The van der Waals surface area contributed by atoms with Gasteiger partial charge in [0.1, 0.15) is 0 Å². The zero-order chi connectivity index (χ0) is 15.8. The molecule has 0 saturated carbocycles. The maximum absolute atomic E-state index is 12.7. The number of benzene rings is 1. The van der Waals surface area contributed by atoms with Gasteiger partial charge in [-0.2, -0.15) is 0 Å². The summed E-state index contributed by atoms with van der Waals surface area (Å²) in [5.74, 6) is 0. The third-order valence-electron chi connectivity index (χ3n) is 3.57. The molecular weight excluding hydrogens is 276 g/mol. The summed E-state index contributed by atoms with van der Waals surface area (Å²) >= 11 is 0. The molecule has 0 spiro atoms. The molecule has 0 fully saturated rings. The van der Waals surface area contributed by atoms with E-state index in [-0.39, 0.29) is 5.56 Å². The van der Waals surface area contributed by atoms with Gasteiger partial charge in [-0.15, -0.1) is 0 Å². The van der Waals surface area contributed by atoms with Crippen LogP contribution in [0.3, 0.4) is 0 Å². The van der Waals surface area contributed by atoms with E-state index in [1.807, 2.05) is 47.0 Å². The van der Waals surface area contributed by atoms with Crippen LogP contribution in [0.5, 0.6) is 0 Å². The monoisotopic (exact) mass is 300 g/mol. The number of pyridine rings is 1. The van der Waals surface area contributed by atoms with Crippen LogP contribution >= 0.6 is 0 Å². The van der Waals surface area contributed by atoms with E-state index < -0.39 is 0 Å². The third-order valence-corrected chi connectivity index (χ3v) is 3.57. The van der Waals surface area contributed by atoms with Crippen LogP contribution in [-0.2, 0) is 17.8 Å². The minimum Gasteiger partial charge on any atom is -0.383 e. The molecule has 0 saturated heterocycles. The Bertz CT molecular complexity index is 635. The minimum absolute atomic E-state index is 0.0909. The zero-order valence-electron chi connectivity index (χ0n) is 13.3. The van der Waals surface area contributed by atoms with Crippen molar-refractivity contribution in [1.29, 1.82) is 0 Å². The number of nitrogens with one attached hydrogen (secondary N) is 1. The molecule has 2 aromatic rings. The van der Waals surface area contributed by atoms with E-state index in [0.29, 0.717) is 13.2 Å². The summed E-state index contributed by atoms with van der Waals surface area (Å²) in [6, 6.07) is 14.0.